The number of rotatable bonds is 1. The number of hydrogen-bond donors (Lipinski definition) is 1. The van der Waals surface area contributed by atoms with Crippen molar-refractivity contribution in [2.45, 2.75) is 30.0 Å². The monoisotopic (exact) mass is 259 g/mol. The van der Waals surface area contributed by atoms with Gasteiger partial charge >= 0.3 is 0 Å². The quantitative estimate of drug-likeness (QED) is 0.839. The van der Waals surface area contributed by atoms with Crippen molar-refractivity contribution in [2.75, 3.05) is 7.05 Å². The van der Waals surface area contributed by atoms with Crippen LogP contribution in [0.2, 0.25) is 0 Å². The van der Waals surface area contributed by atoms with Crippen molar-refractivity contribution in [3.05, 3.63) is 29.3 Å². The van der Waals surface area contributed by atoms with Gasteiger partial charge in [-0.15, -0.1) is 0 Å². The van der Waals surface area contributed by atoms with E-state index < -0.39 is 22.4 Å². The predicted octanol–water partition coefficient (Wildman–Crippen LogP) is 2.37. The smallest absolute Gasteiger partial charge is 0.160 e. The van der Waals surface area contributed by atoms with Crippen molar-refractivity contribution >= 4 is 10.8 Å². The molecule has 0 bridgehead atoms. The van der Waals surface area contributed by atoms with E-state index in [1.807, 2.05) is 13.8 Å². The van der Waals surface area contributed by atoms with Gasteiger partial charge in [0.05, 0.1) is 10.8 Å². The molecule has 2 rings (SSSR count). The van der Waals surface area contributed by atoms with Crippen molar-refractivity contribution < 1.29 is 13.0 Å². The van der Waals surface area contributed by atoms with E-state index in [0.29, 0.717) is 10.5 Å². The van der Waals surface area contributed by atoms with Gasteiger partial charge in [-0.3, -0.25) is 4.21 Å². The van der Waals surface area contributed by atoms with Gasteiger partial charge in [0.15, 0.2) is 11.6 Å². The Kier molecular flexibility index (Phi) is 3.32. The molecule has 1 heterocycles. The normalized spacial score (nSPS) is 32.3. The highest BCUT2D eigenvalue weighted by Gasteiger charge is 2.36. The third kappa shape index (κ3) is 1.91. The molecule has 1 aromatic carbocycles. The summed E-state index contributed by atoms with van der Waals surface area (Å²) in [7, 11) is 0.494. The first-order valence-corrected chi connectivity index (χ1v) is 6.75. The minimum Gasteiger partial charge on any atom is -0.313 e. The van der Waals surface area contributed by atoms with E-state index in [9.17, 15) is 13.0 Å². The van der Waals surface area contributed by atoms with E-state index in [1.165, 1.54) is 0 Å². The molecule has 0 spiro atoms. The molecule has 17 heavy (non-hydrogen) atoms. The second-order valence-corrected chi connectivity index (χ2v) is 6.21. The second kappa shape index (κ2) is 4.46. The Hall–Kier alpha value is -0.810. The molecule has 4 atom stereocenters. The van der Waals surface area contributed by atoms with Crippen LogP contribution in [0.25, 0.3) is 0 Å². The summed E-state index contributed by atoms with van der Waals surface area (Å²) < 4.78 is 38.6. The SMILES string of the molecule is CNC1c2cc(F)c(F)cc2S(=O)C(C)C1C. The Labute approximate surface area is 102 Å². The fourth-order valence-electron chi connectivity index (χ4n) is 2.33. The third-order valence-corrected chi connectivity index (χ3v) is 5.41. The van der Waals surface area contributed by atoms with Crippen molar-refractivity contribution in [3.8, 4) is 0 Å². The van der Waals surface area contributed by atoms with Gasteiger partial charge in [-0.05, 0) is 30.7 Å². The van der Waals surface area contributed by atoms with Crippen molar-refractivity contribution in [1.82, 2.24) is 5.32 Å². The summed E-state index contributed by atoms with van der Waals surface area (Å²) in [5.41, 5.74) is 0.607. The maximum absolute atomic E-state index is 13.3. The van der Waals surface area contributed by atoms with Crippen LogP contribution in [-0.2, 0) is 10.8 Å². The van der Waals surface area contributed by atoms with E-state index in [2.05, 4.69) is 5.32 Å². The highest BCUT2D eigenvalue weighted by molar-refractivity contribution is 7.85. The van der Waals surface area contributed by atoms with Crippen LogP contribution in [-0.4, -0.2) is 16.5 Å². The Morgan fingerprint density at radius 2 is 1.82 bits per heavy atom. The molecule has 0 aromatic heterocycles. The average Bonchev–Trinajstić information content (AvgIpc) is 2.30. The molecular formula is C12H15F2NOS. The van der Waals surface area contributed by atoms with Crippen LogP contribution in [0.5, 0.6) is 0 Å². The molecular weight excluding hydrogens is 244 g/mol. The van der Waals surface area contributed by atoms with E-state index in [-0.39, 0.29) is 17.2 Å². The van der Waals surface area contributed by atoms with Gasteiger partial charge in [0.1, 0.15) is 0 Å². The highest BCUT2D eigenvalue weighted by Crippen LogP contribution is 2.38. The van der Waals surface area contributed by atoms with E-state index in [4.69, 9.17) is 0 Å². The molecule has 94 valence electrons. The molecule has 1 aliphatic rings. The highest BCUT2D eigenvalue weighted by atomic mass is 32.2. The molecule has 0 saturated heterocycles. The molecule has 4 unspecified atom stereocenters. The van der Waals surface area contributed by atoms with Crippen molar-refractivity contribution in [3.63, 3.8) is 0 Å². The zero-order chi connectivity index (χ0) is 12.7. The van der Waals surface area contributed by atoms with Gasteiger partial charge in [0.2, 0.25) is 0 Å². The van der Waals surface area contributed by atoms with Crippen LogP contribution in [0, 0.1) is 17.6 Å². The van der Waals surface area contributed by atoms with Crippen LogP contribution in [0.3, 0.4) is 0 Å². The summed E-state index contributed by atoms with van der Waals surface area (Å²) in [5.74, 6) is -1.71. The molecule has 2 nitrogen and oxygen atoms in total. The van der Waals surface area contributed by atoms with Crippen LogP contribution in [0.1, 0.15) is 25.5 Å². The Balaban J connectivity index is 2.63. The van der Waals surface area contributed by atoms with E-state index in [0.717, 1.165) is 12.1 Å². The molecule has 1 aliphatic heterocycles. The van der Waals surface area contributed by atoms with Crippen LogP contribution < -0.4 is 5.32 Å². The second-order valence-electron chi connectivity index (χ2n) is 4.43. The lowest BCUT2D eigenvalue weighted by molar-refractivity contribution is 0.384. The maximum Gasteiger partial charge on any atom is 0.160 e. The first-order chi connectivity index (χ1) is 7.97. The first kappa shape index (κ1) is 12.6. The fraction of sp³-hybridized carbons (Fsp3) is 0.500. The summed E-state index contributed by atoms with van der Waals surface area (Å²) in [6.07, 6.45) is 0. The summed E-state index contributed by atoms with van der Waals surface area (Å²) >= 11 is 0. The Bertz CT molecular complexity index is 478. The number of fused-ring (bicyclic) bond motifs is 1. The minimum absolute atomic E-state index is 0.0789. The first-order valence-electron chi connectivity index (χ1n) is 5.54. The molecule has 1 aromatic rings. The van der Waals surface area contributed by atoms with Gasteiger partial charge in [-0.1, -0.05) is 13.8 Å². The Morgan fingerprint density at radius 1 is 1.24 bits per heavy atom. The van der Waals surface area contributed by atoms with Crippen LogP contribution in [0.4, 0.5) is 8.78 Å². The molecule has 0 aliphatic carbocycles. The summed E-state index contributed by atoms with van der Waals surface area (Å²) in [4.78, 5) is 0.411. The number of benzene rings is 1. The lowest BCUT2D eigenvalue weighted by Crippen LogP contribution is -2.38. The number of nitrogens with one attached hydrogen (secondary N) is 1. The molecule has 1 N–H and O–H groups in total. The average molecular weight is 259 g/mol. The van der Waals surface area contributed by atoms with E-state index >= 15 is 0 Å². The predicted molar refractivity (Wildman–Crippen MR) is 63.2 cm³/mol. The Morgan fingerprint density at radius 3 is 2.41 bits per heavy atom. The van der Waals surface area contributed by atoms with Gasteiger partial charge in [0, 0.05) is 16.2 Å². The molecule has 5 heteroatoms. The minimum atomic E-state index is -1.28. The van der Waals surface area contributed by atoms with E-state index in [1.54, 1.807) is 7.05 Å². The summed E-state index contributed by atoms with van der Waals surface area (Å²) in [5, 5.41) is 3.01. The van der Waals surface area contributed by atoms with Crippen LogP contribution >= 0.6 is 0 Å². The fourth-order valence-corrected chi connectivity index (χ4v) is 3.91. The molecule has 0 radical (unpaired) electrons. The number of halogens is 2. The largest absolute Gasteiger partial charge is 0.313 e. The van der Waals surface area contributed by atoms with Gasteiger partial charge in [-0.2, -0.15) is 0 Å². The maximum atomic E-state index is 13.3. The molecule has 0 amide bonds. The lowest BCUT2D eigenvalue weighted by Gasteiger charge is -2.35. The van der Waals surface area contributed by atoms with Gasteiger partial charge in [0.25, 0.3) is 0 Å². The lowest BCUT2D eigenvalue weighted by atomic mass is 9.91. The summed E-state index contributed by atoms with van der Waals surface area (Å²) in [6, 6.07) is 2.13. The third-order valence-electron chi connectivity index (χ3n) is 3.52. The zero-order valence-corrected chi connectivity index (χ0v) is 10.8. The van der Waals surface area contributed by atoms with Gasteiger partial charge < -0.3 is 5.32 Å². The van der Waals surface area contributed by atoms with Crippen LogP contribution in [0.15, 0.2) is 17.0 Å². The molecule has 0 fully saturated rings. The topological polar surface area (TPSA) is 29.1 Å². The standard InChI is InChI=1S/C12H15F2NOS/c1-6-7(2)17(16)11-5-10(14)9(13)4-8(11)12(6)15-3/h4-7,12,15H,1-3H3. The van der Waals surface area contributed by atoms with Gasteiger partial charge in [-0.25, -0.2) is 8.78 Å². The van der Waals surface area contributed by atoms with Crippen molar-refractivity contribution in [1.29, 1.82) is 0 Å². The summed E-state index contributed by atoms with van der Waals surface area (Å²) in [6.45, 7) is 3.84. The van der Waals surface area contributed by atoms with Crippen molar-refractivity contribution in [2.24, 2.45) is 5.92 Å². The zero-order valence-electron chi connectivity index (χ0n) is 9.96. The number of hydrogen-bond acceptors (Lipinski definition) is 2. The molecule has 0 saturated carbocycles.